The van der Waals surface area contributed by atoms with Crippen molar-refractivity contribution in [3.63, 3.8) is 0 Å². The monoisotopic (exact) mass is 256 g/mol. The third kappa shape index (κ3) is 3.34. The maximum absolute atomic E-state index is 5.72. The second-order valence-electron chi connectivity index (χ2n) is 4.52. The Morgan fingerprint density at radius 2 is 1.79 bits per heavy atom. The van der Waals surface area contributed by atoms with Gasteiger partial charge >= 0.3 is 0 Å². The molecule has 0 fully saturated rings. The van der Waals surface area contributed by atoms with Gasteiger partial charge in [-0.25, -0.2) is 5.43 Å². The molecule has 0 spiro atoms. The molecule has 0 saturated heterocycles. The van der Waals surface area contributed by atoms with Crippen molar-refractivity contribution >= 4 is 0 Å². The van der Waals surface area contributed by atoms with Crippen LogP contribution in [0.2, 0.25) is 0 Å². The molecule has 0 radical (unpaired) electrons. The van der Waals surface area contributed by atoms with E-state index in [1.807, 2.05) is 31.2 Å². The van der Waals surface area contributed by atoms with Gasteiger partial charge in [-0.2, -0.15) is 0 Å². The predicted molar refractivity (Wildman–Crippen MR) is 78.0 cm³/mol. The summed E-state index contributed by atoms with van der Waals surface area (Å²) in [6.45, 7) is 4.72. The molecule has 0 aliphatic carbocycles. The molecular formula is C16H20N2O. The van der Waals surface area contributed by atoms with Gasteiger partial charge in [-0.3, -0.25) is 5.84 Å². The molecule has 100 valence electrons. The molecule has 2 rings (SSSR count). The van der Waals surface area contributed by atoms with E-state index >= 15 is 0 Å². The lowest BCUT2D eigenvalue weighted by Crippen LogP contribution is -2.28. The molecule has 0 saturated carbocycles. The molecule has 2 aromatic carbocycles. The van der Waals surface area contributed by atoms with Crippen molar-refractivity contribution in [1.29, 1.82) is 0 Å². The topological polar surface area (TPSA) is 47.3 Å². The minimum Gasteiger partial charge on any atom is -0.494 e. The molecule has 3 nitrogen and oxygen atoms in total. The zero-order valence-corrected chi connectivity index (χ0v) is 11.4. The summed E-state index contributed by atoms with van der Waals surface area (Å²) in [5.41, 5.74) is 6.34. The van der Waals surface area contributed by atoms with E-state index in [-0.39, 0.29) is 6.04 Å². The maximum atomic E-state index is 5.72. The summed E-state index contributed by atoms with van der Waals surface area (Å²) in [5, 5.41) is 0. The van der Waals surface area contributed by atoms with Crippen LogP contribution in [0.5, 0.6) is 5.75 Å². The molecule has 0 aliphatic rings. The second-order valence-corrected chi connectivity index (χ2v) is 4.52. The Kier molecular flexibility index (Phi) is 4.55. The summed E-state index contributed by atoms with van der Waals surface area (Å²) in [6, 6.07) is 16.3. The highest BCUT2D eigenvalue weighted by molar-refractivity contribution is 5.37. The van der Waals surface area contributed by atoms with Gasteiger partial charge in [-0.15, -0.1) is 0 Å². The Morgan fingerprint density at radius 3 is 2.42 bits per heavy atom. The molecule has 2 aromatic rings. The minimum absolute atomic E-state index is 0.0275. The fourth-order valence-corrected chi connectivity index (χ4v) is 2.19. The first-order valence-electron chi connectivity index (χ1n) is 6.50. The molecule has 0 heterocycles. The summed E-state index contributed by atoms with van der Waals surface area (Å²) in [4.78, 5) is 0. The van der Waals surface area contributed by atoms with E-state index in [0.29, 0.717) is 6.61 Å². The fraction of sp³-hybridized carbons (Fsp3) is 0.250. The zero-order chi connectivity index (χ0) is 13.7. The molecule has 3 N–H and O–H groups in total. The van der Waals surface area contributed by atoms with Crippen molar-refractivity contribution in [2.75, 3.05) is 6.61 Å². The van der Waals surface area contributed by atoms with Crippen molar-refractivity contribution in [3.05, 3.63) is 65.2 Å². The number of hydrogen-bond acceptors (Lipinski definition) is 3. The third-order valence-corrected chi connectivity index (χ3v) is 3.04. The van der Waals surface area contributed by atoms with Crippen molar-refractivity contribution in [1.82, 2.24) is 5.43 Å². The molecule has 0 bridgehead atoms. The van der Waals surface area contributed by atoms with Gasteiger partial charge in [0.15, 0.2) is 0 Å². The second kappa shape index (κ2) is 6.36. The maximum Gasteiger partial charge on any atom is 0.119 e. The molecule has 3 heteroatoms. The average Bonchev–Trinajstić information content (AvgIpc) is 2.41. The van der Waals surface area contributed by atoms with E-state index in [2.05, 4.69) is 36.6 Å². The van der Waals surface area contributed by atoms with Gasteiger partial charge in [-0.1, -0.05) is 42.0 Å². The lowest BCUT2D eigenvalue weighted by molar-refractivity contribution is 0.339. The smallest absolute Gasteiger partial charge is 0.119 e. The van der Waals surface area contributed by atoms with Gasteiger partial charge < -0.3 is 4.74 Å². The van der Waals surface area contributed by atoms with Gasteiger partial charge in [0, 0.05) is 0 Å². The van der Waals surface area contributed by atoms with Crippen LogP contribution in [0.25, 0.3) is 0 Å². The van der Waals surface area contributed by atoms with E-state index < -0.39 is 0 Å². The zero-order valence-electron chi connectivity index (χ0n) is 11.4. The molecular weight excluding hydrogens is 236 g/mol. The number of rotatable bonds is 5. The highest BCUT2D eigenvalue weighted by Gasteiger charge is 2.13. The third-order valence-electron chi connectivity index (χ3n) is 3.04. The van der Waals surface area contributed by atoms with E-state index in [1.165, 1.54) is 5.56 Å². The van der Waals surface area contributed by atoms with Crippen LogP contribution in [0.15, 0.2) is 48.5 Å². The number of ether oxygens (including phenoxy) is 1. The van der Waals surface area contributed by atoms with Crippen LogP contribution < -0.4 is 16.0 Å². The fourth-order valence-electron chi connectivity index (χ4n) is 2.19. The Morgan fingerprint density at radius 1 is 1.11 bits per heavy atom. The van der Waals surface area contributed by atoms with Crippen LogP contribution in [-0.2, 0) is 0 Å². The number of nitrogens with two attached hydrogens (primary N) is 1. The van der Waals surface area contributed by atoms with Crippen LogP contribution in [0.1, 0.15) is 29.7 Å². The molecule has 0 amide bonds. The Bertz CT molecular complexity index is 540. The summed E-state index contributed by atoms with van der Waals surface area (Å²) in [6.07, 6.45) is 0. The lowest BCUT2D eigenvalue weighted by atomic mass is 9.98. The van der Waals surface area contributed by atoms with Crippen molar-refractivity contribution in [3.8, 4) is 5.75 Å². The van der Waals surface area contributed by atoms with Crippen molar-refractivity contribution < 1.29 is 4.74 Å². The summed E-state index contributed by atoms with van der Waals surface area (Å²) in [5.74, 6) is 6.59. The van der Waals surface area contributed by atoms with E-state index in [9.17, 15) is 0 Å². The first kappa shape index (κ1) is 13.6. The van der Waals surface area contributed by atoms with Crippen molar-refractivity contribution in [2.24, 2.45) is 5.84 Å². The Hall–Kier alpha value is -1.84. The molecule has 0 aliphatic heterocycles. The van der Waals surface area contributed by atoms with E-state index in [1.54, 1.807) is 0 Å². The molecule has 1 atom stereocenters. The van der Waals surface area contributed by atoms with Crippen LogP contribution in [0, 0.1) is 6.92 Å². The van der Waals surface area contributed by atoms with Gasteiger partial charge in [0.2, 0.25) is 0 Å². The highest BCUT2D eigenvalue weighted by atomic mass is 16.5. The number of nitrogens with one attached hydrogen (secondary N) is 1. The first-order chi connectivity index (χ1) is 9.24. The lowest BCUT2D eigenvalue weighted by Gasteiger charge is -2.18. The standard InChI is InChI=1S/C16H20N2O/c1-3-19-15-9-5-8-14(11-15)16(18-17)13-7-4-6-12(2)10-13/h4-11,16,18H,3,17H2,1-2H3. The average molecular weight is 256 g/mol. The van der Waals surface area contributed by atoms with Crippen LogP contribution in [0.4, 0.5) is 0 Å². The molecule has 1 unspecified atom stereocenters. The van der Waals surface area contributed by atoms with Gasteiger partial charge in [0.25, 0.3) is 0 Å². The predicted octanol–water partition coefficient (Wildman–Crippen LogP) is 2.95. The van der Waals surface area contributed by atoms with Crippen molar-refractivity contribution in [2.45, 2.75) is 19.9 Å². The quantitative estimate of drug-likeness (QED) is 0.638. The van der Waals surface area contributed by atoms with Gasteiger partial charge in [0.05, 0.1) is 12.6 Å². The number of benzene rings is 2. The SMILES string of the molecule is CCOc1cccc(C(NN)c2cccc(C)c2)c1. The molecule has 0 aromatic heterocycles. The van der Waals surface area contributed by atoms with Crippen LogP contribution in [0.3, 0.4) is 0 Å². The van der Waals surface area contributed by atoms with Gasteiger partial charge in [-0.05, 0) is 37.1 Å². The number of aryl methyl sites for hydroxylation is 1. The highest BCUT2D eigenvalue weighted by Crippen LogP contribution is 2.25. The Balaban J connectivity index is 2.33. The normalized spacial score (nSPS) is 12.2. The van der Waals surface area contributed by atoms with Crippen LogP contribution in [-0.4, -0.2) is 6.61 Å². The minimum atomic E-state index is -0.0275. The number of hydrogen-bond donors (Lipinski definition) is 2. The number of hydrazine groups is 1. The van der Waals surface area contributed by atoms with E-state index in [0.717, 1.165) is 16.9 Å². The first-order valence-corrected chi connectivity index (χ1v) is 6.50. The summed E-state index contributed by atoms with van der Waals surface area (Å²) >= 11 is 0. The Labute approximate surface area is 114 Å². The summed E-state index contributed by atoms with van der Waals surface area (Å²) < 4.78 is 5.53. The summed E-state index contributed by atoms with van der Waals surface area (Å²) in [7, 11) is 0. The van der Waals surface area contributed by atoms with E-state index in [4.69, 9.17) is 10.6 Å². The molecule has 19 heavy (non-hydrogen) atoms. The van der Waals surface area contributed by atoms with Crippen LogP contribution >= 0.6 is 0 Å². The van der Waals surface area contributed by atoms with Gasteiger partial charge in [0.1, 0.15) is 5.75 Å². The largest absolute Gasteiger partial charge is 0.494 e.